The van der Waals surface area contributed by atoms with Gasteiger partial charge in [-0.1, -0.05) is 65.7 Å². The average Bonchev–Trinajstić information content (AvgIpc) is 2.78. The van der Waals surface area contributed by atoms with Crippen LogP contribution in [0, 0.1) is 0 Å². The molecule has 4 aromatic rings. The molecule has 0 aliphatic heterocycles. The summed E-state index contributed by atoms with van der Waals surface area (Å²) in [6.45, 7) is 0. The van der Waals surface area contributed by atoms with E-state index < -0.39 is 6.04 Å². The van der Waals surface area contributed by atoms with Gasteiger partial charge in [0, 0.05) is 21.2 Å². The summed E-state index contributed by atoms with van der Waals surface area (Å²) in [7, 11) is 1.54. The maximum Gasteiger partial charge on any atom is 0.252 e. The normalized spacial score (nSPS) is 11.8. The first-order valence-electron chi connectivity index (χ1n) is 9.58. The number of carbonyl (C=O) groups is 1. The summed E-state index contributed by atoms with van der Waals surface area (Å²) in [6.07, 6.45) is 0. The van der Waals surface area contributed by atoms with Gasteiger partial charge in [-0.05, 0) is 52.7 Å². The predicted octanol–water partition coefficient (Wildman–Crippen LogP) is 6.38. The minimum absolute atomic E-state index is 0.0562. The monoisotopic (exact) mass is 451 g/mol. The van der Waals surface area contributed by atoms with E-state index in [4.69, 9.17) is 27.9 Å². The number of ether oxygens (including phenoxy) is 1. The molecule has 0 saturated carbocycles. The topological polar surface area (TPSA) is 58.6 Å². The third-order valence-electron chi connectivity index (χ3n) is 5.12. The molecule has 0 aliphatic carbocycles. The van der Waals surface area contributed by atoms with Crippen LogP contribution in [0.3, 0.4) is 0 Å². The van der Waals surface area contributed by atoms with Crippen LogP contribution in [-0.4, -0.2) is 18.1 Å². The molecule has 4 nitrogen and oxygen atoms in total. The molecule has 0 aromatic heterocycles. The molecule has 4 rings (SSSR count). The van der Waals surface area contributed by atoms with E-state index in [1.54, 1.807) is 55.6 Å². The average molecular weight is 452 g/mol. The minimum Gasteiger partial charge on any atom is -0.508 e. The van der Waals surface area contributed by atoms with Gasteiger partial charge in [0.2, 0.25) is 0 Å². The molecule has 4 aromatic carbocycles. The van der Waals surface area contributed by atoms with Gasteiger partial charge in [-0.25, -0.2) is 0 Å². The number of rotatable bonds is 5. The van der Waals surface area contributed by atoms with Gasteiger partial charge >= 0.3 is 0 Å². The van der Waals surface area contributed by atoms with Crippen molar-refractivity contribution in [2.24, 2.45) is 0 Å². The number of amides is 1. The molecule has 6 heteroatoms. The number of hydrogen-bond donors (Lipinski definition) is 2. The second-order valence-electron chi connectivity index (χ2n) is 7.02. The van der Waals surface area contributed by atoms with Crippen LogP contribution in [0.4, 0.5) is 0 Å². The molecule has 0 fully saturated rings. The minimum atomic E-state index is -0.713. The number of fused-ring (bicyclic) bond motifs is 1. The maximum absolute atomic E-state index is 13.2. The molecule has 0 heterocycles. The first kappa shape index (κ1) is 21.0. The summed E-state index contributed by atoms with van der Waals surface area (Å²) in [5.41, 5.74) is 1.60. The zero-order chi connectivity index (χ0) is 22.0. The third kappa shape index (κ3) is 4.31. The van der Waals surface area contributed by atoms with Crippen LogP contribution in [0.1, 0.15) is 27.5 Å². The van der Waals surface area contributed by atoms with E-state index in [2.05, 4.69) is 5.32 Å². The Labute approximate surface area is 190 Å². The Kier molecular flexibility index (Phi) is 6.03. The Morgan fingerprint density at radius 1 is 0.968 bits per heavy atom. The van der Waals surface area contributed by atoms with Crippen LogP contribution in [0.15, 0.2) is 78.9 Å². The Morgan fingerprint density at radius 2 is 1.77 bits per heavy atom. The molecule has 0 saturated heterocycles. The molecule has 156 valence electrons. The standard InChI is InChI=1S/C25H19Cl2NO3/c1-31-18-7-4-6-16(13-18)25(30)28-24(20-11-10-17(26)14-21(20)27)23-19-8-3-2-5-15(19)9-12-22(23)29/h2-14,24,29H,1H3,(H,28,30)/t24-/m0/s1. The molecule has 31 heavy (non-hydrogen) atoms. The van der Waals surface area contributed by atoms with Gasteiger partial charge in [0.25, 0.3) is 5.91 Å². The number of nitrogens with one attached hydrogen (secondary N) is 1. The van der Waals surface area contributed by atoms with Crippen molar-refractivity contribution in [3.8, 4) is 11.5 Å². The van der Waals surface area contributed by atoms with Gasteiger partial charge < -0.3 is 15.2 Å². The van der Waals surface area contributed by atoms with E-state index in [9.17, 15) is 9.90 Å². The number of methoxy groups -OCH3 is 1. The SMILES string of the molecule is COc1cccc(C(=O)N[C@@H](c2ccc(Cl)cc2Cl)c2c(O)ccc3ccccc23)c1. The smallest absolute Gasteiger partial charge is 0.252 e. The number of phenols is 1. The largest absolute Gasteiger partial charge is 0.508 e. The lowest BCUT2D eigenvalue weighted by Gasteiger charge is -2.24. The van der Waals surface area contributed by atoms with Crippen molar-refractivity contribution in [2.75, 3.05) is 7.11 Å². The van der Waals surface area contributed by atoms with E-state index in [1.807, 2.05) is 30.3 Å². The van der Waals surface area contributed by atoms with Gasteiger partial charge in [-0.3, -0.25) is 4.79 Å². The van der Waals surface area contributed by atoms with Crippen LogP contribution < -0.4 is 10.1 Å². The number of carbonyl (C=O) groups excluding carboxylic acids is 1. The van der Waals surface area contributed by atoms with E-state index in [0.717, 1.165) is 10.8 Å². The number of hydrogen-bond acceptors (Lipinski definition) is 3. The van der Waals surface area contributed by atoms with E-state index in [1.165, 1.54) is 0 Å². The van der Waals surface area contributed by atoms with Crippen LogP contribution in [0.2, 0.25) is 10.0 Å². The van der Waals surface area contributed by atoms with Gasteiger partial charge in [0.05, 0.1) is 13.2 Å². The van der Waals surface area contributed by atoms with Crippen molar-refractivity contribution in [3.05, 3.63) is 106 Å². The summed E-state index contributed by atoms with van der Waals surface area (Å²) in [5, 5.41) is 16.4. The number of benzene rings is 4. The third-order valence-corrected chi connectivity index (χ3v) is 5.68. The second kappa shape index (κ2) is 8.88. The molecule has 1 atom stereocenters. The molecular formula is C25H19Cl2NO3. The lowest BCUT2D eigenvalue weighted by atomic mass is 9.92. The summed E-state index contributed by atoms with van der Waals surface area (Å²) in [4.78, 5) is 13.2. The van der Waals surface area contributed by atoms with E-state index >= 15 is 0 Å². The fourth-order valence-corrected chi connectivity index (χ4v) is 4.12. The zero-order valence-corrected chi connectivity index (χ0v) is 18.1. The predicted molar refractivity (Wildman–Crippen MR) is 124 cm³/mol. The van der Waals surface area contributed by atoms with Crippen LogP contribution in [0.25, 0.3) is 10.8 Å². The van der Waals surface area contributed by atoms with Crippen molar-refractivity contribution in [1.29, 1.82) is 0 Å². The molecule has 0 radical (unpaired) electrons. The molecule has 0 aliphatic rings. The summed E-state index contributed by atoms with van der Waals surface area (Å²) >= 11 is 12.6. The number of aromatic hydroxyl groups is 1. The molecule has 0 spiro atoms. The highest BCUT2D eigenvalue weighted by Crippen LogP contribution is 2.39. The van der Waals surface area contributed by atoms with Crippen LogP contribution in [0.5, 0.6) is 11.5 Å². The highest BCUT2D eigenvalue weighted by atomic mass is 35.5. The summed E-state index contributed by atoms with van der Waals surface area (Å²) in [6, 6.07) is 22.3. The zero-order valence-electron chi connectivity index (χ0n) is 16.6. The first-order chi connectivity index (χ1) is 15.0. The first-order valence-corrected chi connectivity index (χ1v) is 10.3. The fraction of sp³-hybridized carbons (Fsp3) is 0.0800. The maximum atomic E-state index is 13.2. The lowest BCUT2D eigenvalue weighted by Crippen LogP contribution is -2.29. The lowest BCUT2D eigenvalue weighted by molar-refractivity contribution is 0.0942. The number of phenolic OH excluding ortho intramolecular Hbond substituents is 1. The van der Waals surface area contributed by atoms with Crippen LogP contribution >= 0.6 is 23.2 Å². The van der Waals surface area contributed by atoms with Crippen molar-refractivity contribution < 1.29 is 14.6 Å². The second-order valence-corrected chi connectivity index (χ2v) is 7.87. The van der Waals surface area contributed by atoms with E-state index in [-0.39, 0.29) is 11.7 Å². The Balaban J connectivity index is 1.87. The van der Waals surface area contributed by atoms with Gasteiger partial charge in [-0.15, -0.1) is 0 Å². The quantitative estimate of drug-likeness (QED) is 0.370. The summed E-state index contributed by atoms with van der Waals surface area (Å²) < 4.78 is 5.23. The van der Waals surface area contributed by atoms with Crippen molar-refractivity contribution in [1.82, 2.24) is 5.32 Å². The van der Waals surface area contributed by atoms with Crippen molar-refractivity contribution in [2.45, 2.75) is 6.04 Å². The number of halogens is 2. The van der Waals surface area contributed by atoms with Gasteiger partial charge in [0.1, 0.15) is 11.5 Å². The van der Waals surface area contributed by atoms with Gasteiger partial charge in [-0.2, -0.15) is 0 Å². The Bertz CT molecular complexity index is 1270. The Morgan fingerprint density at radius 3 is 2.55 bits per heavy atom. The highest BCUT2D eigenvalue weighted by molar-refractivity contribution is 6.35. The molecule has 0 unspecified atom stereocenters. The molecule has 2 N–H and O–H groups in total. The molecule has 0 bridgehead atoms. The van der Waals surface area contributed by atoms with E-state index in [0.29, 0.717) is 32.5 Å². The Hall–Kier alpha value is -3.21. The molecular weight excluding hydrogens is 433 g/mol. The van der Waals surface area contributed by atoms with Crippen molar-refractivity contribution >= 4 is 39.9 Å². The highest BCUT2D eigenvalue weighted by Gasteiger charge is 2.25. The van der Waals surface area contributed by atoms with Crippen molar-refractivity contribution in [3.63, 3.8) is 0 Å². The van der Waals surface area contributed by atoms with Gasteiger partial charge in [0.15, 0.2) is 0 Å². The molecule has 1 amide bonds. The fourth-order valence-electron chi connectivity index (χ4n) is 3.61. The van der Waals surface area contributed by atoms with Crippen LogP contribution in [-0.2, 0) is 0 Å². The summed E-state index contributed by atoms with van der Waals surface area (Å²) in [5.74, 6) is 0.296.